The Balaban J connectivity index is 0.000000271. The van der Waals surface area contributed by atoms with Crippen molar-refractivity contribution in [3.05, 3.63) is 138 Å². The molecule has 6 aromatic rings. The Morgan fingerprint density at radius 3 is 1.42 bits per heavy atom. The van der Waals surface area contributed by atoms with Crippen LogP contribution in [-0.2, 0) is 40.0 Å². The third-order valence-corrected chi connectivity index (χ3v) is 12.7. The van der Waals surface area contributed by atoms with Gasteiger partial charge in [0.25, 0.3) is 23.6 Å². The summed E-state index contributed by atoms with van der Waals surface area (Å²) in [5.41, 5.74) is 4.47. The lowest BCUT2D eigenvalue weighted by Gasteiger charge is -2.19. The van der Waals surface area contributed by atoms with E-state index in [-0.39, 0.29) is 41.6 Å². The van der Waals surface area contributed by atoms with Gasteiger partial charge in [-0.15, -0.1) is 22.7 Å². The summed E-state index contributed by atoms with van der Waals surface area (Å²) in [5, 5.41) is 48.9. The molecule has 4 amide bonds. The molecule has 0 aliphatic heterocycles. The maximum Gasteiger partial charge on any atom is 0.330 e. The van der Waals surface area contributed by atoms with Crippen molar-refractivity contribution in [2.24, 2.45) is 0 Å². The Morgan fingerprint density at radius 1 is 0.603 bits per heavy atom. The lowest BCUT2D eigenvalue weighted by atomic mass is 10.1. The minimum absolute atomic E-state index is 0.130. The highest BCUT2D eigenvalue weighted by Gasteiger charge is 2.28. The van der Waals surface area contributed by atoms with E-state index in [0.29, 0.717) is 70.4 Å². The second-order valence-electron chi connectivity index (χ2n) is 16.3. The third kappa shape index (κ3) is 17.1. The predicted molar refractivity (Wildman–Crippen MR) is 278 cm³/mol. The van der Waals surface area contributed by atoms with E-state index in [1.54, 1.807) is 79.2 Å². The molecule has 6 rings (SSSR count). The predicted octanol–water partition coefficient (Wildman–Crippen LogP) is 5.63. The fourth-order valence-corrected chi connectivity index (χ4v) is 8.59. The second-order valence-corrected chi connectivity index (χ2v) is 18.2. The van der Waals surface area contributed by atoms with E-state index in [9.17, 15) is 44.1 Å². The number of nitrogens with one attached hydrogen (secondary N) is 6. The lowest BCUT2D eigenvalue weighted by Crippen LogP contribution is -2.49. The summed E-state index contributed by atoms with van der Waals surface area (Å²) in [4.78, 5) is 93.3. The molecule has 20 nitrogen and oxygen atoms in total. The molecule has 0 spiro atoms. The summed E-state index contributed by atoms with van der Waals surface area (Å²) in [6.07, 6.45) is 4.04. The molecule has 73 heavy (non-hydrogen) atoms. The average molecular weight is 1040 g/mol. The smallest absolute Gasteiger partial charge is 0.330 e. The minimum atomic E-state index is -1.32. The van der Waals surface area contributed by atoms with E-state index in [1.165, 1.54) is 29.8 Å². The summed E-state index contributed by atoms with van der Waals surface area (Å²) in [7, 11) is 1.22. The number of ether oxygens (including phenoxy) is 1. The van der Waals surface area contributed by atoms with Crippen LogP contribution in [0, 0.1) is 13.8 Å². The number of carbonyl (C=O) groups is 6. The van der Waals surface area contributed by atoms with E-state index in [2.05, 4.69) is 51.8 Å². The van der Waals surface area contributed by atoms with Gasteiger partial charge in [0.15, 0.2) is 0 Å². The molecule has 0 aliphatic rings. The number of amides is 4. The van der Waals surface area contributed by atoms with Crippen LogP contribution in [0.4, 0.5) is 11.9 Å². The molecule has 4 aromatic heterocycles. The average Bonchev–Trinajstić information content (AvgIpc) is 4.13. The van der Waals surface area contributed by atoms with Gasteiger partial charge in [0.05, 0.1) is 50.8 Å². The van der Waals surface area contributed by atoms with Crippen LogP contribution in [0.3, 0.4) is 0 Å². The molecule has 9 N–H and O–H groups in total. The van der Waals surface area contributed by atoms with Crippen LogP contribution in [0.1, 0.15) is 101 Å². The molecule has 2 atom stereocenters. The maximum atomic E-state index is 13.2. The number of carboxylic acid groups (broad SMARTS) is 1. The Hall–Kier alpha value is -7.98. The number of anilines is 2. The number of carboxylic acids is 1. The number of esters is 1. The van der Waals surface area contributed by atoms with Gasteiger partial charge < -0.3 is 52.0 Å². The van der Waals surface area contributed by atoms with E-state index < -0.39 is 41.7 Å². The highest BCUT2D eigenvalue weighted by atomic mass is 32.1. The van der Waals surface area contributed by atoms with E-state index >= 15 is 0 Å². The largest absolute Gasteiger partial charge is 0.508 e. The van der Waals surface area contributed by atoms with Crippen molar-refractivity contribution in [3.8, 4) is 11.5 Å². The zero-order chi connectivity index (χ0) is 52.9. The number of methoxy groups -OCH3 is 1. The van der Waals surface area contributed by atoms with Crippen molar-refractivity contribution in [3.63, 3.8) is 0 Å². The fraction of sp³-hybridized carbons (Fsp3) is 0.333. The number of phenolic OH excluding ortho intramolecular Hbond substituents is 2. The van der Waals surface area contributed by atoms with Gasteiger partial charge in [-0.25, -0.2) is 29.5 Å². The summed E-state index contributed by atoms with van der Waals surface area (Å²) in [6.45, 7) is 7.91. The van der Waals surface area contributed by atoms with Crippen molar-refractivity contribution in [2.75, 3.05) is 43.9 Å². The molecule has 0 aliphatic carbocycles. The van der Waals surface area contributed by atoms with Gasteiger partial charge >= 0.3 is 11.9 Å². The van der Waals surface area contributed by atoms with Crippen molar-refractivity contribution < 1.29 is 48.8 Å². The standard InChI is InChI=1S/C26H31N5O5S.C25H29N5O5S/c1-4-19-22(16(2)29-26(31-19)27-12-6-9-17-8-5-10-18(32)14-17)24(34)30-20(25(35)36-3)15-28-23(33)21-11-7-13-37-21;1-3-18-21(23(33)29-19(24(34)35)14-27-22(32)20-10-6-12-36-20)15(2)28-25(30-18)26-11-5-8-16-7-4-9-17(31)13-16/h5,7-8,10-11,13-14,20,32H,4,6,9,12,15H2,1-3H3,(H,28,33)(H,30,34)(H,27,29,31);4,6-7,9-10,12-13,19,31H,3,5,8,11,14H2,1-2H3,(H,27,32)(H,29,33)(H,34,35)(H,26,28,30)/t20-;19-/m00/s1. The number of nitrogens with zero attached hydrogens (tertiary/aromatic N) is 4. The van der Waals surface area contributed by atoms with E-state index in [4.69, 9.17) is 4.74 Å². The fourth-order valence-electron chi connectivity index (χ4n) is 7.31. The SMILES string of the molecule is CCc1nc(NCCCc2cccc(O)c2)nc(C)c1C(=O)N[C@@H](CNC(=O)c1cccs1)C(=O)O.CCc1nc(NCCCc2cccc(O)c2)nc(C)c1C(=O)N[C@@H](CNC(=O)c1cccs1)C(=O)OC. The lowest BCUT2D eigenvalue weighted by molar-refractivity contribution is -0.142. The number of phenols is 2. The number of aromatic nitrogens is 4. The number of carbonyl (C=O) groups excluding carboxylic acids is 5. The molecular formula is C51H60N10O10S2. The Labute approximate surface area is 430 Å². The summed E-state index contributed by atoms with van der Waals surface area (Å²) < 4.78 is 4.81. The Morgan fingerprint density at radius 2 is 1.04 bits per heavy atom. The van der Waals surface area contributed by atoms with Gasteiger partial charge in [0, 0.05) is 26.2 Å². The topological polar surface area (TPSA) is 296 Å². The zero-order valence-corrected chi connectivity index (χ0v) is 42.7. The van der Waals surface area contributed by atoms with Crippen LogP contribution in [0.15, 0.2) is 83.6 Å². The normalized spacial score (nSPS) is 11.5. The number of aryl methyl sites for hydroxylation is 6. The van der Waals surface area contributed by atoms with Crippen molar-refractivity contribution >= 4 is 70.1 Å². The molecule has 22 heteroatoms. The second kappa shape index (κ2) is 28.2. The Bertz CT molecular complexity index is 2830. The number of thiophene rings is 2. The van der Waals surface area contributed by atoms with Crippen LogP contribution < -0.4 is 31.9 Å². The molecule has 0 saturated carbocycles. The first kappa shape index (κ1) is 55.9. The van der Waals surface area contributed by atoms with Crippen molar-refractivity contribution in [1.29, 1.82) is 0 Å². The number of hydrogen-bond donors (Lipinski definition) is 9. The molecule has 2 aromatic carbocycles. The molecule has 0 bridgehead atoms. The number of aliphatic carboxylic acids is 1. The van der Waals surface area contributed by atoms with Crippen LogP contribution in [0.5, 0.6) is 11.5 Å². The van der Waals surface area contributed by atoms with Crippen molar-refractivity contribution in [1.82, 2.24) is 41.2 Å². The van der Waals surface area contributed by atoms with Crippen LogP contribution >= 0.6 is 22.7 Å². The van der Waals surface area contributed by atoms with Gasteiger partial charge in [0.1, 0.15) is 23.6 Å². The molecule has 4 heterocycles. The van der Waals surface area contributed by atoms with E-state index in [1.807, 2.05) is 32.0 Å². The van der Waals surface area contributed by atoms with Gasteiger partial charge in [-0.2, -0.15) is 0 Å². The number of hydrogen-bond acceptors (Lipinski definition) is 17. The first-order valence-electron chi connectivity index (χ1n) is 23.4. The van der Waals surface area contributed by atoms with Gasteiger partial charge in [-0.3, -0.25) is 19.2 Å². The Kier molecular flexibility index (Phi) is 21.6. The van der Waals surface area contributed by atoms with Crippen LogP contribution in [0.2, 0.25) is 0 Å². The zero-order valence-electron chi connectivity index (χ0n) is 41.1. The molecule has 0 fully saturated rings. The van der Waals surface area contributed by atoms with E-state index in [0.717, 1.165) is 36.8 Å². The molecule has 0 saturated heterocycles. The third-order valence-electron chi connectivity index (χ3n) is 10.9. The van der Waals surface area contributed by atoms with Gasteiger partial charge in [-0.1, -0.05) is 50.2 Å². The highest BCUT2D eigenvalue weighted by Crippen LogP contribution is 2.19. The minimum Gasteiger partial charge on any atom is -0.508 e. The van der Waals surface area contributed by atoms with Crippen LogP contribution in [0.25, 0.3) is 0 Å². The number of rotatable bonds is 24. The molecular weight excluding hydrogens is 977 g/mol. The van der Waals surface area contributed by atoms with Gasteiger partial charge in [-0.05, 0) is 111 Å². The quantitative estimate of drug-likeness (QED) is 0.0262. The first-order valence-corrected chi connectivity index (χ1v) is 25.2. The summed E-state index contributed by atoms with van der Waals surface area (Å²) in [5.74, 6) is -2.56. The first-order chi connectivity index (χ1) is 35.1. The van der Waals surface area contributed by atoms with Crippen molar-refractivity contribution in [2.45, 2.75) is 78.3 Å². The maximum absolute atomic E-state index is 13.2. The molecule has 0 unspecified atom stereocenters. The number of benzene rings is 2. The molecule has 386 valence electrons. The molecule has 0 radical (unpaired) electrons. The monoisotopic (exact) mass is 1040 g/mol. The summed E-state index contributed by atoms with van der Waals surface area (Å²) in [6, 6.07) is 18.6. The summed E-state index contributed by atoms with van der Waals surface area (Å²) >= 11 is 2.51. The van der Waals surface area contributed by atoms with Gasteiger partial charge in [0.2, 0.25) is 11.9 Å². The van der Waals surface area contributed by atoms with Crippen LogP contribution in [-0.4, -0.2) is 116 Å². The number of aromatic hydroxyl groups is 2. The highest BCUT2D eigenvalue weighted by molar-refractivity contribution is 7.12.